The van der Waals surface area contributed by atoms with Crippen LogP contribution in [0, 0.1) is 0 Å². The number of nitrogens with zero attached hydrogens (tertiary/aromatic N) is 2. The van der Waals surface area contributed by atoms with Gasteiger partial charge in [0.25, 0.3) is 0 Å². The minimum atomic E-state index is 0. The lowest BCUT2D eigenvalue weighted by molar-refractivity contribution is 0.700. The highest BCUT2D eigenvalue weighted by Gasteiger charge is 1.99. The van der Waals surface area contributed by atoms with E-state index in [1.807, 2.05) is 18.2 Å². The van der Waals surface area contributed by atoms with Gasteiger partial charge >= 0.3 is 0 Å². The molecule has 0 amide bonds. The first-order valence-corrected chi connectivity index (χ1v) is 5.67. The Bertz CT molecular complexity index is 325. The number of hydrogen-bond donors (Lipinski definition) is 2. The molecule has 1 aromatic rings. The van der Waals surface area contributed by atoms with Crippen molar-refractivity contribution in [2.75, 3.05) is 6.54 Å². The lowest BCUT2D eigenvalue weighted by Gasteiger charge is -2.13. The lowest BCUT2D eigenvalue weighted by atomic mass is 10.3. The van der Waals surface area contributed by atoms with Crippen LogP contribution in [-0.4, -0.2) is 23.5 Å². The predicted octanol–water partition coefficient (Wildman–Crippen LogP) is 2.16. The van der Waals surface area contributed by atoms with Gasteiger partial charge in [0, 0.05) is 18.8 Å². The van der Waals surface area contributed by atoms with E-state index in [1.165, 1.54) is 0 Å². The summed E-state index contributed by atoms with van der Waals surface area (Å²) in [7, 11) is 0. The molecule has 2 N–H and O–H groups in total. The van der Waals surface area contributed by atoms with Gasteiger partial charge in [-0.05, 0) is 32.9 Å². The molecule has 0 atom stereocenters. The molecule has 1 aromatic heterocycles. The molecule has 0 unspecified atom stereocenters. The van der Waals surface area contributed by atoms with Gasteiger partial charge in [-0.2, -0.15) is 0 Å². The lowest BCUT2D eigenvalue weighted by Crippen LogP contribution is -2.41. The maximum Gasteiger partial charge on any atom is 0.191 e. The number of pyridine rings is 1. The summed E-state index contributed by atoms with van der Waals surface area (Å²) in [6.07, 6.45) is 1.79. The molecular formula is C12H21IN4. The molecule has 0 aliphatic heterocycles. The van der Waals surface area contributed by atoms with Crippen molar-refractivity contribution in [3.63, 3.8) is 0 Å². The van der Waals surface area contributed by atoms with Gasteiger partial charge in [-0.25, -0.2) is 4.99 Å². The Balaban J connectivity index is 0.00000256. The molecule has 0 aliphatic rings. The van der Waals surface area contributed by atoms with Gasteiger partial charge < -0.3 is 10.6 Å². The van der Waals surface area contributed by atoms with Crippen LogP contribution in [-0.2, 0) is 6.54 Å². The zero-order valence-electron chi connectivity index (χ0n) is 10.6. The van der Waals surface area contributed by atoms with Gasteiger partial charge in [-0.1, -0.05) is 6.07 Å². The first-order valence-electron chi connectivity index (χ1n) is 5.67. The fourth-order valence-electron chi connectivity index (χ4n) is 1.25. The van der Waals surface area contributed by atoms with Gasteiger partial charge in [0.15, 0.2) is 5.96 Å². The quantitative estimate of drug-likeness (QED) is 0.498. The molecule has 0 spiro atoms. The van der Waals surface area contributed by atoms with Crippen molar-refractivity contribution in [2.24, 2.45) is 4.99 Å². The van der Waals surface area contributed by atoms with Crippen LogP contribution in [0.3, 0.4) is 0 Å². The molecule has 1 heterocycles. The summed E-state index contributed by atoms with van der Waals surface area (Å²) in [5, 5.41) is 6.46. The average molecular weight is 348 g/mol. The van der Waals surface area contributed by atoms with E-state index >= 15 is 0 Å². The topological polar surface area (TPSA) is 49.3 Å². The highest BCUT2D eigenvalue weighted by Crippen LogP contribution is 1.95. The van der Waals surface area contributed by atoms with Crippen LogP contribution in [0.25, 0.3) is 0 Å². The van der Waals surface area contributed by atoms with Crippen LogP contribution in [0.5, 0.6) is 0 Å². The molecule has 5 heteroatoms. The number of rotatable bonds is 4. The molecule has 0 saturated heterocycles. The molecule has 0 bridgehead atoms. The largest absolute Gasteiger partial charge is 0.357 e. The number of aromatic nitrogens is 1. The Labute approximate surface area is 120 Å². The molecule has 0 aromatic carbocycles. The number of hydrogen-bond acceptors (Lipinski definition) is 2. The minimum Gasteiger partial charge on any atom is -0.357 e. The Morgan fingerprint density at radius 3 is 2.71 bits per heavy atom. The first kappa shape index (κ1) is 16.1. The summed E-state index contributed by atoms with van der Waals surface area (Å²) < 4.78 is 0. The van der Waals surface area contributed by atoms with Gasteiger partial charge in [-0.15, -0.1) is 24.0 Å². The highest BCUT2D eigenvalue weighted by atomic mass is 127. The molecule has 17 heavy (non-hydrogen) atoms. The van der Waals surface area contributed by atoms with Crippen molar-refractivity contribution >= 4 is 29.9 Å². The van der Waals surface area contributed by atoms with Crippen molar-refractivity contribution in [1.82, 2.24) is 15.6 Å². The van der Waals surface area contributed by atoms with E-state index in [0.717, 1.165) is 18.2 Å². The van der Waals surface area contributed by atoms with E-state index in [0.29, 0.717) is 12.6 Å². The second-order valence-electron chi connectivity index (χ2n) is 3.82. The SMILES string of the molecule is CCNC(=NCc1ccccn1)NC(C)C.I. The van der Waals surface area contributed by atoms with Gasteiger partial charge in [0.05, 0.1) is 12.2 Å². The van der Waals surface area contributed by atoms with Crippen molar-refractivity contribution in [2.45, 2.75) is 33.4 Å². The molecular weight excluding hydrogens is 327 g/mol. The van der Waals surface area contributed by atoms with E-state index in [9.17, 15) is 0 Å². The molecule has 96 valence electrons. The van der Waals surface area contributed by atoms with E-state index in [-0.39, 0.29) is 24.0 Å². The Hall–Kier alpha value is -0.850. The summed E-state index contributed by atoms with van der Waals surface area (Å²) in [5.41, 5.74) is 0.975. The van der Waals surface area contributed by atoms with Gasteiger partial charge in [-0.3, -0.25) is 4.98 Å². The van der Waals surface area contributed by atoms with Crippen molar-refractivity contribution in [3.8, 4) is 0 Å². The maximum atomic E-state index is 4.46. The third-order valence-electron chi connectivity index (χ3n) is 1.89. The van der Waals surface area contributed by atoms with E-state index in [1.54, 1.807) is 6.20 Å². The molecule has 0 radical (unpaired) electrons. The minimum absolute atomic E-state index is 0. The van der Waals surface area contributed by atoms with Gasteiger partial charge in [0.1, 0.15) is 0 Å². The third kappa shape index (κ3) is 7.14. The molecule has 1 rings (SSSR count). The Morgan fingerprint density at radius 2 is 2.18 bits per heavy atom. The first-order chi connectivity index (χ1) is 7.72. The summed E-state index contributed by atoms with van der Waals surface area (Å²) in [6.45, 7) is 7.70. The molecule has 4 nitrogen and oxygen atoms in total. The third-order valence-corrected chi connectivity index (χ3v) is 1.89. The van der Waals surface area contributed by atoms with Crippen molar-refractivity contribution < 1.29 is 0 Å². The second kappa shape index (κ2) is 9.21. The summed E-state index contributed by atoms with van der Waals surface area (Å²) in [6, 6.07) is 6.23. The monoisotopic (exact) mass is 348 g/mol. The van der Waals surface area contributed by atoms with Crippen LogP contribution >= 0.6 is 24.0 Å². The van der Waals surface area contributed by atoms with E-state index in [2.05, 4.69) is 41.4 Å². The Kier molecular flexibility index (Phi) is 8.75. The molecule has 0 saturated carbocycles. The maximum absolute atomic E-state index is 4.46. The average Bonchev–Trinajstić information content (AvgIpc) is 2.27. The summed E-state index contributed by atoms with van der Waals surface area (Å²) >= 11 is 0. The van der Waals surface area contributed by atoms with E-state index in [4.69, 9.17) is 0 Å². The Morgan fingerprint density at radius 1 is 1.41 bits per heavy atom. The van der Waals surface area contributed by atoms with Crippen molar-refractivity contribution in [1.29, 1.82) is 0 Å². The van der Waals surface area contributed by atoms with Gasteiger partial charge in [0.2, 0.25) is 0 Å². The molecule has 0 fully saturated rings. The molecule has 0 aliphatic carbocycles. The fourth-order valence-corrected chi connectivity index (χ4v) is 1.25. The summed E-state index contributed by atoms with van der Waals surface area (Å²) in [5.74, 6) is 0.836. The number of aliphatic imine (C=N–C) groups is 1. The van der Waals surface area contributed by atoms with E-state index < -0.39 is 0 Å². The fraction of sp³-hybridized carbons (Fsp3) is 0.500. The van der Waals surface area contributed by atoms with Crippen LogP contribution in [0.4, 0.5) is 0 Å². The smallest absolute Gasteiger partial charge is 0.191 e. The number of halogens is 1. The van der Waals surface area contributed by atoms with Crippen LogP contribution in [0.15, 0.2) is 29.4 Å². The highest BCUT2D eigenvalue weighted by molar-refractivity contribution is 14.0. The van der Waals surface area contributed by atoms with Crippen LogP contribution in [0.1, 0.15) is 26.5 Å². The normalized spacial score (nSPS) is 10.9. The zero-order valence-corrected chi connectivity index (χ0v) is 12.9. The number of guanidine groups is 1. The standard InChI is InChI=1S/C12H20N4.HI/c1-4-13-12(16-10(2)3)15-9-11-7-5-6-8-14-11;/h5-8,10H,4,9H2,1-3H3,(H2,13,15,16);1H. The second-order valence-corrected chi connectivity index (χ2v) is 3.82. The number of nitrogens with one attached hydrogen (secondary N) is 2. The van der Waals surface area contributed by atoms with Crippen molar-refractivity contribution in [3.05, 3.63) is 30.1 Å². The predicted molar refractivity (Wildman–Crippen MR) is 82.7 cm³/mol. The van der Waals surface area contributed by atoms with Crippen LogP contribution < -0.4 is 10.6 Å². The zero-order chi connectivity index (χ0) is 11.8. The van der Waals surface area contributed by atoms with Crippen LogP contribution in [0.2, 0.25) is 0 Å². The summed E-state index contributed by atoms with van der Waals surface area (Å²) in [4.78, 5) is 8.68.